The molecule has 0 radical (unpaired) electrons. The lowest BCUT2D eigenvalue weighted by Gasteiger charge is -2.17. The minimum Gasteiger partial charge on any atom is -0.480 e. The molecule has 0 saturated heterocycles. The Hall–Kier alpha value is -2.83. The highest BCUT2D eigenvalue weighted by molar-refractivity contribution is 7.98. The van der Waals surface area contributed by atoms with Gasteiger partial charge in [-0.2, -0.15) is 0 Å². The van der Waals surface area contributed by atoms with Crippen LogP contribution in [-0.2, 0) is 5.75 Å². The van der Waals surface area contributed by atoms with Crippen molar-refractivity contribution >= 4 is 23.4 Å². The topological polar surface area (TPSA) is 39.9 Å². The van der Waals surface area contributed by atoms with Crippen molar-refractivity contribution in [2.24, 2.45) is 0 Å². The molecule has 1 atom stereocenters. The summed E-state index contributed by atoms with van der Waals surface area (Å²) < 4.78 is 21.9. The highest BCUT2D eigenvalue weighted by Gasteiger charge is 2.21. The molecule has 3 aromatic carbocycles. The lowest BCUT2D eigenvalue weighted by molar-refractivity contribution is 0.204. The fraction of sp³-hybridized carbons (Fsp3) is 0.130. The van der Waals surface area contributed by atoms with Gasteiger partial charge in [0.15, 0.2) is 28.7 Å². The summed E-state index contributed by atoms with van der Waals surface area (Å²) in [6.07, 6.45) is -0.500. The summed E-state index contributed by atoms with van der Waals surface area (Å²) in [4.78, 5) is 0. The first-order valence-electron chi connectivity index (χ1n) is 9.41. The molecule has 1 unspecified atom stereocenters. The molecular formula is C23H19ClFN3OS. The van der Waals surface area contributed by atoms with Crippen LogP contribution in [0.1, 0.15) is 24.4 Å². The molecule has 4 nitrogen and oxygen atoms in total. The molecule has 0 N–H and O–H groups in total. The molecule has 1 heterocycles. The minimum absolute atomic E-state index is 0.183. The number of hydrogen-bond acceptors (Lipinski definition) is 4. The van der Waals surface area contributed by atoms with Gasteiger partial charge in [0.2, 0.25) is 0 Å². The molecule has 4 aromatic rings. The molecular weight excluding hydrogens is 421 g/mol. The fourth-order valence-corrected chi connectivity index (χ4v) is 4.01. The van der Waals surface area contributed by atoms with E-state index in [2.05, 4.69) is 10.2 Å². The zero-order valence-electron chi connectivity index (χ0n) is 16.2. The fourth-order valence-electron chi connectivity index (χ4n) is 2.97. The lowest BCUT2D eigenvalue weighted by atomic mass is 10.2. The minimum atomic E-state index is -0.500. The predicted octanol–water partition coefficient (Wildman–Crippen LogP) is 6.49. The Morgan fingerprint density at radius 1 is 0.967 bits per heavy atom. The van der Waals surface area contributed by atoms with Crippen LogP contribution in [0.3, 0.4) is 0 Å². The molecule has 0 aliphatic rings. The van der Waals surface area contributed by atoms with Crippen LogP contribution in [0, 0.1) is 5.82 Å². The molecule has 0 saturated carbocycles. The average Bonchev–Trinajstić information content (AvgIpc) is 3.20. The van der Waals surface area contributed by atoms with E-state index in [0.717, 1.165) is 16.4 Å². The van der Waals surface area contributed by atoms with Crippen molar-refractivity contribution < 1.29 is 9.13 Å². The van der Waals surface area contributed by atoms with Gasteiger partial charge >= 0.3 is 0 Å². The Bertz CT molecular complexity index is 1120. The van der Waals surface area contributed by atoms with Gasteiger partial charge in [-0.25, -0.2) is 4.39 Å². The number of ether oxygens (including phenoxy) is 1. The van der Waals surface area contributed by atoms with Crippen molar-refractivity contribution in [3.05, 3.63) is 101 Å². The predicted molar refractivity (Wildman–Crippen MR) is 118 cm³/mol. The SMILES string of the molecule is CC(Oc1ccccc1F)c1nnc(SCc2ccc(Cl)cc2)n1-c1ccccc1. The van der Waals surface area contributed by atoms with E-state index in [4.69, 9.17) is 16.3 Å². The number of benzene rings is 3. The first kappa shape index (κ1) is 20.4. The number of aromatic nitrogens is 3. The second-order valence-corrected chi connectivity index (χ2v) is 8.00. The summed E-state index contributed by atoms with van der Waals surface area (Å²) in [5, 5.41) is 10.2. The lowest BCUT2D eigenvalue weighted by Crippen LogP contribution is -2.12. The molecule has 0 bridgehead atoms. The Morgan fingerprint density at radius 3 is 2.40 bits per heavy atom. The van der Waals surface area contributed by atoms with Gasteiger partial charge in [-0.15, -0.1) is 10.2 Å². The zero-order chi connectivity index (χ0) is 20.9. The normalized spacial score (nSPS) is 12.0. The van der Waals surface area contributed by atoms with E-state index in [0.29, 0.717) is 16.6 Å². The molecule has 0 amide bonds. The van der Waals surface area contributed by atoms with E-state index < -0.39 is 11.9 Å². The third kappa shape index (κ3) is 4.66. The number of halogens is 2. The average molecular weight is 440 g/mol. The Morgan fingerprint density at radius 2 is 1.67 bits per heavy atom. The second-order valence-electron chi connectivity index (χ2n) is 6.62. The van der Waals surface area contributed by atoms with Gasteiger partial charge in [-0.05, 0) is 48.9 Å². The van der Waals surface area contributed by atoms with E-state index in [1.807, 2.05) is 66.1 Å². The van der Waals surface area contributed by atoms with E-state index in [1.165, 1.54) is 6.07 Å². The van der Waals surface area contributed by atoms with Gasteiger partial charge in [0.25, 0.3) is 0 Å². The van der Waals surface area contributed by atoms with E-state index in [1.54, 1.807) is 30.0 Å². The molecule has 0 fully saturated rings. The summed E-state index contributed by atoms with van der Waals surface area (Å²) in [7, 11) is 0. The van der Waals surface area contributed by atoms with Crippen molar-refractivity contribution in [2.75, 3.05) is 0 Å². The van der Waals surface area contributed by atoms with Gasteiger partial charge < -0.3 is 4.74 Å². The third-order valence-corrected chi connectivity index (χ3v) is 5.71. The van der Waals surface area contributed by atoms with Crippen molar-refractivity contribution in [3.8, 4) is 11.4 Å². The van der Waals surface area contributed by atoms with Crippen molar-refractivity contribution in [1.82, 2.24) is 14.8 Å². The number of thioether (sulfide) groups is 1. The van der Waals surface area contributed by atoms with Crippen LogP contribution < -0.4 is 4.74 Å². The zero-order valence-corrected chi connectivity index (χ0v) is 17.8. The first-order chi connectivity index (χ1) is 14.6. The monoisotopic (exact) mass is 439 g/mol. The van der Waals surface area contributed by atoms with Crippen molar-refractivity contribution in [2.45, 2.75) is 23.9 Å². The summed E-state index contributed by atoms with van der Waals surface area (Å²) in [6, 6.07) is 23.9. The number of rotatable bonds is 7. The Labute approximate surface area is 183 Å². The van der Waals surface area contributed by atoms with Gasteiger partial charge in [0.05, 0.1) is 0 Å². The van der Waals surface area contributed by atoms with Gasteiger partial charge in [-0.3, -0.25) is 4.57 Å². The second kappa shape index (κ2) is 9.32. The maximum Gasteiger partial charge on any atom is 0.196 e. The van der Waals surface area contributed by atoms with Crippen LogP contribution in [0.25, 0.3) is 5.69 Å². The van der Waals surface area contributed by atoms with Gasteiger partial charge in [-0.1, -0.05) is 65.8 Å². The molecule has 0 spiro atoms. The smallest absolute Gasteiger partial charge is 0.196 e. The van der Waals surface area contributed by atoms with E-state index >= 15 is 0 Å². The molecule has 4 rings (SSSR count). The summed E-state index contributed by atoms with van der Waals surface area (Å²) >= 11 is 7.54. The number of hydrogen-bond donors (Lipinski definition) is 0. The summed E-state index contributed by atoms with van der Waals surface area (Å²) in [5.74, 6) is 1.09. The van der Waals surface area contributed by atoms with Crippen LogP contribution in [-0.4, -0.2) is 14.8 Å². The number of para-hydroxylation sites is 2. The van der Waals surface area contributed by atoms with Gasteiger partial charge in [0.1, 0.15) is 0 Å². The standard InChI is InChI=1S/C23H19ClFN3OS/c1-16(29-21-10-6-5-9-20(21)25)22-26-27-23(28(22)19-7-3-2-4-8-19)30-15-17-11-13-18(24)14-12-17/h2-14,16H,15H2,1H3. The largest absolute Gasteiger partial charge is 0.480 e. The molecule has 0 aliphatic heterocycles. The number of nitrogens with zero attached hydrogens (tertiary/aromatic N) is 3. The maximum absolute atomic E-state index is 14.0. The molecule has 7 heteroatoms. The molecule has 1 aromatic heterocycles. The van der Waals surface area contributed by atoms with E-state index in [-0.39, 0.29) is 5.75 Å². The van der Waals surface area contributed by atoms with Crippen LogP contribution in [0.15, 0.2) is 84.0 Å². The first-order valence-corrected chi connectivity index (χ1v) is 10.8. The van der Waals surface area contributed by atoms with Crippen LogP contribution in [0.2, 0.25) is 5.02 Å². The van der Waals surface area contributed by atoms with Crippen molar-refractivity contribution in [1.29, 1.82) is 0 Å². The van der Waals surface area contributed by atoms with Crippen LogP contribution in [0.4, 0.5) is 4.39 Å². The molecule has 30 heavy (non-hydrogen) atoms. The Kier molecular flexibility index (Phi) is 6.35. The molecule has 152 valence electrons. The summed E-state index contributed by atoms with van der Waals surface area (Å²) in [6.45, 7) is 1.84. The highest BCUT2D eigenvalue weighted by atomic mass is 35.5. The van der Waals surface area contributed by atoms with E-state index in [9.17, 15) is 4.39 Å². The maximum atomic E-state index is 14.0. The quantitative estimate of drug-likeness (QED) is 0.308. The molecule has 0 aliphatic carbocycles. The Balaban J connectivity index is 1.63. The van der Waals surface area contributed by atoms with Crippen LogP contribution >= 0.6 is 23.4 Å². The third-order valence-electron chi connectivity index (χ3n) is 4.46. The van der Waals surface area contributed by atoms with Crippen molar-refractivity contribution in [3.63, 3.8) is 0 Å². The van der Waals surface area contributed by atoms with Crippen LogP contribution in [0.5, 0.6) is 5.75 Å². The highest BCUT2D eigenvalue weighted by Crippen LogP contribution is 2.30. The summed E-state index contributed by atoms with van der Waals surface area (Å²) in [5.41, 5.74) is 2.05. The van der Waals surface area contributed by atoms with Gasteiger partial charge in [0, 0.05) is 16.5 Å².